The van der Waals surface area contributed by atoms with E-state index in [9.17, 15) is 21.4 Å². The van der Waals surface area contributed by atoms with Crippen LogP contribution in [0.15, 0.2) is 52.3 Å². The Morgan fingerprint density at radius 3 is 2.05 bits per heavy atom. The highest BCUT2D eigenvalue weighted by Crippen LogP contribution is 2.30. The molecule has 0 aliphatic rings. The van der Waals surface area contributed by atoms with Gasteiger partial charge in [0.15, 0.2) is 5.75 Å². The van der Waals surface area contributed by atoms with Gasteiger partial charge >= 0.3 is 10.1 Å². The van der Waals surface area contributed by atoms with Crippen LogP contribution in [0, 0.1) is 13.8 Å². The molecule has 0 aromatic heterocycles. The second-order valence-corrected chi connectivity index (χ2v) is 7.55. The van der Waals surface area contributed by atoms with E-state index in [0.29, 0.717) is 5.56 Å². The average Bonchev–Trinajstić information content (AvgIpc) is 2.36. The Hall–Kier alpha value is -1.90. The van der Waals surface area contributed by atoms with Gasteiger partial charge in [0.05, 0.1) is 0 Å². The smallest absolute Gasteiger partial charge is 0.339 e. The first kappa shape index (κ1) is 16.5. The summed E-state index contributed by atoms with van der Waals surface area (Å²) in [5, 5.41) is 0. The molecule has 0 saturated carbocycles. The Labute approximate surface area is 129 Å². The molecule has 0 aliphatic heterocycles. The number of hydrogen-bond donors (Lipinski definition) is 1. The van der Waals surface area contributed by atoms with Gasteiger partial charge in [-0.25, -0.2) is 0 Å². The molecule has 2 aromatic carbocycles. The molecule has 6 nitrogen and oxygen atoms in total. The maximum atomic E-state index is 12.3. The molecule has 0 atom stereocenters. The minimum atomic E-state index is -4.62. The predicted octanol–water partition coefficient (Wildman–Crippen LogP) is 2.32. The summed E-state index contributed by atoms with van der Waals surface area (Å²) in [4.78, 5) is -0.634. The highest BCUT2D eigenvalue weighted by molar-refractivity contribution is 7.87. The standard InChI is InChI=1S/C14H14O6S2/c1-10-6-3-4-9-13(10)22(18,19)20-12-8-5-7-11(2)14(12)21(15,16)17/h3-9H,1-2H3,(H,15,16,17). The van der Waals surface area contributed by atoms with Gasteiger partial charge in [0, 0.05) is 0 Å². The van der Waals surface area contributed by atoms with Gasteiger partial charge < -0.3 is 4.18 Å². The molecule has 0 aliphatic carbocycles. The van der Waals surface area contributed by atoms with Gasteiger partial charge in [-0.3, -0.25) is 4.55 Å². The molecular formula is C14H14O6S2. The Kier molecular flexibility index (Phi) is 4.28. The lowest BCUT2D eigenvalue weighted by Crippen LogP contribution is -2.14. The van der Waals surface area contributed by atoms with Crippen LogP contribution in [0.25, 0.3) is 0 Å². The van der Waals surface area contributed by atoms with Crippen molar-refractivity contribution in [1.82, 2.24) is 0 Å². The minimum absolute atomic E-state index is 0.0715. The minimum Gasteiger partial charge on any atom is -0.377 e. The van der Waals surface area contributed by atoms with E-state index in [-0.39, 0.29) is 10.5 Å². The van der Waals surface area contributed by atoms with Crippen LogP contribution in [0.5, 0.6) is 5.75 Å². The molecular weight excluding hydrogens is 328 g/mol. The molecule has 0 bridgehead atoms. The van der Waals surface area contributed by atoms with E-state index in [2.05, 4.69) is 0 Å². The molecule has 1 N–H and O–H groups in total. The molecule has 0 radical (unpaired) electrons. The third-order valence-corrected chi connectivity index (χ3v) is 5.43. The van der Waals surface area contributed by atoms with Crippen LogP contribution >= 0.6 is 0 Å². The zero-order valence-corrected chi connectivity index (χ0v) is 13.5. The van der Waals surface area contributed by atoms with Gasteiger partial charge in [-0.1, -0.05) is 30.3 Å². The fourth-order valence-corrected chi connectivity index (χ4v) is 4.09. The van der Waals surface area contributed by atoms with Gasteiger partial charge in [-0.15, -0.1) is 0 Å². The maximum Gasteiger partial charge on any atom is 0.339 e. The van der Waals surface area contributed by atoms with Crippen molar-refractivity contribution < 1.29 is 25.6 Å². The molecule has 0 spiro atoms. The molecule has 2 rings (SSSR count). The van der Waals surface area contributed by atoms with Crippen LogP contribution in [-0.2, 0) is 20.2 Å². The van der Waals surface area contributed by atoms with E-state index in [4.69, 9.17) is 4.18 Å². The Morgan fingerprint density at radius 1 is 0.864 bits per heavy atom. The number of aryl methyl sites for hydroxylation is 2. The van der Waals surface area contributed by atoms with Crippen LogP contribution in [-0.4, -0.2) is 21.4 Å². The summed E-state index contributed by atoms with van der Waals surface area (Å²) in [5.74, 6) is -0.439. The normalized spacial score (nSPS) is 12.1. The van der Waals surface area contributed by atoms with Crippen molar-refractivity contribution in [2.24, 2.45) is 0 Å². The third kappa shape index (κ3) is 3.29. The van der Waals surface area contributed by atoms with Gasteiger partial charge in [0.25, 0.3) is 10.1 Å². The van der Waals surface area contributed by atoms with Crippen molar-refractivity contribution in [3.8, 4) is 5.75 Å². The Balaban J connectivity index is 2.57. The lowest BCUT2D eigenvalue weighted by molar-refractivity contribution is 0.462. The van der Waals surface area contributed by atoms with E-state index >= 15 is 0 Å². The summed E-state index contributed by atoms with van der Waals surface area (Å²) in [6.07, 6.45) is 0. The van der Waals surface area contributed by atoms with E-state index in [1.54, 1.807) is 19.1 Å². The summed E-state index contributed by atoms with van der Waals surface area (Å²) in [6, 6.07) is 10.2. The van der Waals surface area contributed by atoms with Crippen molar-refractivity contribution in [2.45, 2.75) is 23.6 Å². The zero-order chi connectivity index (χ0) is 16.5. The van der Waals surface area contributed by atoms with Gasteiger partial charge in [-0.05, 0) is 37.1 Å². The topological polar surface area (TPSA) is 97.7 Å². The summed E-state index contributed by atoms with van der Waals surface area (Å²) >= 11 is 0. The van der Waals surface area contributed by atoms with Gasteiger partial charge in [0.1, 0.15) is 9.79 Å². The maximum absolute atomic E-state index is 12.3. The van der Waals surface area contributed by atoms with E-state index in [1.165, 1.54) is 37.3 Å². The molecule has 118 valence electrons. The van der Waals surface area contributed by atoms with Crippen molar-refractivity contribution in [3.63, 3.8) is 0 Å². The first-order chi connectivity index (χ1) is 10.1. The van der Waals surface area contributed by atoms with Crippen LogP contribution < -0.4 is 4.18 Å². The number of hydrogen-bond acceptors (Lipinski definition) is 5. The quantitative estimate of drug-likeness (QED) is 0.676. The van der Waals surface area contributed by atoms with Crippen LogP contribution in [0.3, 0.4) is 0 Å². The first-order valence-electron chi connectivity index (χ1n) is 6.20. The van der Waals surface area contributed by atoms with Crippen LogP contribution in [0.2, 0.25) is 0 Å². The summed E-state index contributed by atoms with van der Waals surface area (Å²) < 4.78 is 61.7. The van der Waals surface area contributed by atoms with Crippen molar-refractivity contribution in [3.05, 3.63) is 53.6 Å². The van der Waals surface area contributed by atoms with Crippen molar-refractivity contribution >= 4 is 20.2 Å². The van der Waals surface area contributed by atoms with Crippen LogP contribution in [0.4, 0.5) is 0 Å². The molecule has 8 heteroatoms. The second-order valence-electron chi connectivity index (χ2n) is 4.68. The first-order valence-corrected chi connectivity index (χ1v) is 9.05. The zero-order valence-electron chi connectivity index (χ0n) is 11.8. The average molecular weight is 342 g/mol. The van der Waals surface area contributed by atoms with Crippen molar-refractivity contribution in [2.75, 3.05) is 0 Å². The molecule has 0 heterocycles. The Morgan fingerprint density at radius 2 is 1.45 bits per heavy atom. The third-order valence-electron chi connectivity index (χ3n) is 3.00. The molecule has 0 unspecified atom stereocenters. The lowest BCUT2D eigenvalue weighted by atomic mass is 10.2. The van der Waals surface area contributed by atoms with E-state index < -0.39 is 30.9 Å². The predicted molar refractivity (Wildman–Crippen MR) is 80.0 cm³/mol. The highest BCUT2D eigenvalue weighted by Gasteiger charge is 2.25. The molecule has 22 heavy (non-hydrogen) atoms. The molecule has 0 fully saturated rings. The second kappa shape index (κ2) is 5.71. The largest absolute Gasteiger partial charge is 0.377 e. The number of rotatable bonds is 4. The van der Waals surface area contributed by atoms with Crippen molar-refractivity contribution in [1.29, 1.82) is 0 Å². The van der Waals surface area contributed by atoms with Gasteiger partial charge in [0.2, 0.25) is 0 Å². The molecule has 0 amide bonds. The Bertz CT molecular complexity index is 914. The fourth-order valence-electron chi connectivity index (χ4n) is 2.02. The monoisotopic (exact) mass is 342 g/mol. The SMILES string of the molecule is Cc1ccccc1S(=O)(=O)Oc1cccc(C)c1S(=O)(=O)O. The summed E-state index contributed by atoms with van der Waals surface area (Å²) in [6.45, 7) is 3.02. The molecule has 2 aromatic rings. The van der Waals surface area contributed by atoms with E-state index in [0.717, 1.165) is 0 Å². The number of benzene rings is 2. The summed E-state index contributed by atoms with van der Waals surface area (Å²) in [7, 11) is -8.84. The van der Waals surface area contributed by atoms with Crippen LogP contribution in [0.1, 0.15) is 11.1 Å². The van der Waals surface area contributed by atoms with E-state index in [1.807, 2.05) is 0 Å². The highest BCUT2D eigenvalue weighted by atomic mass is 32.2. The summed E-state index contributed by atoms with van der Waals surface area (Å²) in [5.41, 5.74) is 0.642. The lowest BCUT2D eigenvalue weighted by Gasteiger charge is -2.12. The van der Waals surface area contributed by atoms with Gasteiger partial charge in [-0.2, -0.15) is 16.8 Å². The molecule has 0 saturated heterocycles. The fraction of sp³-hybridized carbons (Fsp3) is 0.143.